The van der Waals surface area contributed by atoms with Crippen LogP contribution < -0.4 is 4.90 Å². The van der Waals surface area contributed by atoms with E-state index in [0.717, 1.165) is 50.6 Å². The van der Waals surface area contributed by atoms with Crippen LogP contribution in [0.15, 0.2) is 267 Å². The summed E-state index contributed by atoms with van der Waals surface area (Å²) in [5.74, 6) is 0. The fourth-order valence-electron chi connectivity index (χ4n) is 11.2. The molecule has 0 N–H and O–H groups in total. The average Bonchev–Trinajstić information content (AvgIpc) is 3.96. The topological polar surface area (TPSA) is 26.0 Å². The monoisotopic (exact) mass is 904 g/mol. The summed E-state index contributed by atoms with van der Waals surface area (Å²) in [6, 6.07) is 93.1. The number of hydrogen-bond donors (Lipinski definition) is 0. The van der Waals surface area contributed by atoms with Gasteiger partial charge in [0.1, 0.15) is 0 Å². The summed E-state index contributed by atoms with van der Waals surface area (Å²) in [6.07, 6.45) is 3.72. The molecule has 332 valence electrons. The van der Waals surface area contributed by atoms with Crippen LogP contribution in [0.4, 0.5) is 17.1 Å². The minimum atomic E-state index is 1.04. The van der Waals surface area contributed by atoms with Crippen LogP contribution in [-0.2, 0) is 0 Å². The highest BCUT2D eigenvalue weighted by Crippen LogP contribution is 2.44. The van der Waals surface area contributed by atoms with Crippen molar-refractivity contribution in [2.24, 2.45) is 0 Å². The molecule has 0 bridgehead atoms. The molecule has 14 aromatic rings. The van der Waals surface area contributed by atoms with Crippen molar-refractivity contribution in [3.8, 4) is 44.8 Å². The van der Waals surface area contributed by atoms with E-state index < -0.39 is 0 Å². The van der Waals surface area contributed by atoms with Crippen LogP contribution in [0.5, 0.6) is 0 Å². The quantitative estimate of drug-likeness (QED) is 0.142. The van der Waals surface area contributed by atoms with Gasteiger partial charge in [-0.3, -0.25) is 4.98 Å². The van der Waals surface area contributed by atoms with Crippen molar-refractivity contribution >= 4 is 82.2 Å². The van der Waals surface area contributed by atoms with Crippen LogP contribution in [0.3, 0.4) is 0 Å². The number of nitrogens with zero attached hydrogens (tertiary/aromatic N) is 4. The third-order valence-electron chi connectivity index (χ3n) is 14.3. The molecule has 0 fully saturated rings. The van der Waals surface area contributed by atoms with Gasteiger partial charge in [0.2, 0.25) is 0 Å². The van der Waals surface area contributed by atoms with Gasteiger partial charge in [0.15, 0.2) is 0 Å². The molecule has 0 aliphatic carbocycles. The number of fused-ring (bicyclic) bond motifs is 9. The lowest BCUT2D eigenvalue weighted by atomic mass is 9.91. The van der Waals surface area contributed by atoms with Gasteiger partial charge in [-0.2, -0.15) is 0 Å². The maximum absolute atomic E-state index is 4.37. The van der Waals surface area contributed by atoms with E-state index in [0.29, 0.717) is 0 Å². The fraction of sp³-hybridized carbons (Fsp3) is 0. The summed E-state index contributed by atoms with van der Waals surface area (Å²) in [5.41, 5.74) is 17.1. The van der Waals surface area contributed by atoms with Gasteiger partial charge >= 0.3 is 0 Å². The van der Waals surface area contributed by atoms with E-state index in [-0.39, 0.29) is 0 Å². The van der Waals surface area contributed by atoms with Crippen LogP contribution in [0.1, 0.15) is 0 Å². The lowest BCUT2D eigenvalue weighted by Crippen LogP contribution is -2.09. The molecule has 4 heteroatoms. The summed E-state index contributed by atoms with van der Waals surface area (Å²) < 4.78 is 4.90. The molecular weight excluding hydrogens is 861 g/mol. The van der Waals surface area contributed by atoms with Gasteiger partial charge in [-0.25, -0.2) is 0 Å². The molecule has 71 heavy (non-hydrogen) atoms. The maximum Gasteiger partial charge on any atom is 0.0547 e. The van der Waals surface area contributed by atoms with Crippen LogP contribution >= 0.6 is 0 Å². The van der Waals surface area contributed by atoms with Crippen molar-refractivity contribution in [1.82, 2.24) is 14.1 Å². The lowest BCUT2D eigenvalue weighted by molar-refractivity contribution is 1.18. The zero-order valence-electron chi connectivity index (χ0n) is 38.7. The van der Waals surface area contributed by atoms with E-state index in [2.05, 4.69) is 274 Å². The summed E-state index contributed by atoms with van der Waals surface area (Å²) >= 11 is 0. The molecule has 0 saturated heterocycles. The van der Waals surface area contributed by atoms with Crippen LogP contribution in [-0.4, -0.2) is 14.1 Å². The average molecular weight is 905 g/mol. The van der Waals surface area contributed by atoms with Crippen molar-refractivity contribution in [2.75, 3.05) is 4.90 Å². The number of para-hydroxylation sites is 4. The molecule has 0 aliphatic heterocycles. The normalized spacial score (nSPS) is 11.7. The third kappa shape index (κ3) is 6.72. The Morgan fingerprint density at radius 2 is 0.859 bits per heavy atom. The van der Waals surface area contributed by atoms with E-state index in [1.807, 2.05) is 12.4 Å². The Morgan fingerprint density at radius 3 is 1.65 bits per heavy atom. The molecule has 0 saturated carbocycles. The predicted molar refractivity (Wildman–Crippen MR) is 299 cm³/mol. The fourth-order valence-corrected chi connectivity index (χ4v) is 11.2. The second-order valence-corrected chi connectivity index (χ2v) is 18.4. The Bertz CT molecular complexity index is 4300. The summed E-state index contributed by atoms with van der Waals surface area (Å²) in [4.78, 5) is 6.67. The number of aromatic nitrogens is 3. The van der Waals surface area contributed by atoms with Gasteiger partial charge in [0.25, 0.3) is 0 Å². The minimum Gasteiger partial charge on any atom is -0.310 e. The van der Waals surface area contributed by atoms with Crippen molar-refractivity contribution in [3.05, 3.63) is 267 Å². The van der Waals surface area contributed by atoms with Crippen LogP contribution in [0.25, 0.3) is 110 Å². The van der Waals surface area contributed by atoms with Gasteiger partial charge in [0, 0.05) is 62.1 Å². The first-order valence-electron chi connectivity index (χ1n) is 24.3. The third-order valence-corrected chi connectivity index (χ3v) is 14.3. The van der Waals surface area contributed by atoms with Gasteiger partial charge in [0.05, 0.1) is 27.8 Å². The number of hydrogen-bond acceptors (Lipinski definition) is 2. The van der Waals surface area contributed by atoms with Gasteiger partial charge in [-0.05, 0) is 147 Å². The number of rotatable bonds is 8. The van der Waals surface area contributed by atoms with E-state index in [9.17, 15) is 0 Å². The molecule has 11 aromatic carbocycles. The zero-order valence-corrected chi connectivity index (χ0v) is 38.7. The molecule has 3 heterocycles. The SMILES string of the molecule is c1ccc(N(c2ccncc2)c2cccc(-c3cc(-c4ccc5c6ccccc6n(-c6cc7ccccc7c7ccccc67)c5c4)cc(-c4cccc5c4c4ccccc4n5-c4ccccc4)c3)c2)cc1. The molecular formula is C67H44N4. The van der Waals surface area contributed by atoms with Crippen LogP contribution in [0, 0.1) is 0 Å². The van der Waals surface area contributed by atoms with Crippen molar-refractivity contribution < 1.29 is 0 Å². The molecule has 0 amide bonds. The number of anilines is 3. The van der Waals surface area contributed by atoms with E-state index >= 15 is 0 Å². The Kier molecular flexibility index (Phi) is 9.49. The number of benzene rings is 11. The molecule has 0 radical (unpaired) electrons. The van der Waals surface area contributed by atoms with E-state index in [4.69, 9.17) is 0 Å². The number of pyridine rings is 1. The molecule has 0 unspecified atom stereocenters. The summed E-state index contributed by atoms with van der Waals surface area (Å²) in [7, 11) is 0. The molecule has 0 aliphatic rings. The molecule has 0 atom stereocenters. The van der Waals surface area contributed by atoms with Gasteiger partial charge < -0.3 is 14.0 Å². The second kappa shape index (κ2) is 16.6. The summed E-state index contributed by atoms with van der Waals surface area (Å²) in [6.45, 7) is 0. The smallest absolute Gasteiger partial charge is 0.0547 e. The van der Waals surface area contributed by atoms with Crippen molar-refractivity contribution in [1.29, 1.82) is 0 Å². The zero-order chi connectivity index (χ0) is 46.8. The molecule has 14 rings (SSSR count). The molecule has 4 nitrogen and oxygen atoms in total. The predicted octanol–water partition coefficient (Wildman–Crippen LogP) is 18.1. The Labute approximate surface area is 411 Å². The van der Waals surface area contributed by atoms with Gasteiger partial charge in [-0.1, -0.05) is 158 Å². The summed E-state index contributed by atoms with van der Waals surface area (Å²) in [5, 5.41) is 9.87. The van der Waals surface area contributed by atoms with E-state index in [1.54, 1.807) is 0 Å². The standard InChI is InChI=1S/C67H44N4/c1-3-19-51(20-4-1)69(53-35-37-68-38-36-53)54-23-15-18-45(42-54)48-39-49(41-50(40-48)56-29-16-32-64-67(56)61-28-12-14-31-63(61)70(64)52-21-5-2-6-22-52)46-33-34-60-59-27-11-13-30-62(59)71(65(60)43-46)66-44-47-17-7-8-24-55(47)57-25-9-10-26-58(57)66/h1-44H. The van der Waals surface area contributed by atoms with Crippen LogP contribution in [0.2, 0.25) is 0 Å². The first-order chi connectivity index (χ1) is 35.2. The highest BCUT2D eigenvalue weighted by molar-refractivity contribution is 6.17. The minimum absolute atomic E-state index is 1.04. The lowest BCUT2D eigenvalue weighted by Gasteiger charge is -2.25. The largest absolute Gasteiger partial charge is 0.310 e. The Balaban J connectivity index is 1.03. The molecule has 0 spiro atoms. The van der Waals surface area contributed by atoms with E-state index in [1.165, 1.54) is 76.4 Å². The molecule has 3 aromatic heterocycles. The van der Waals surface area contributed by atoms with Crippen molar-refractivity contribution in [3.63, 3.8) is 0 Å². The Hall–Kier alpha value is -9.51. The highest BCUT2D eigenvalue weighted by atomic mass is 15.1. The second-order valence-electron chi connectivity index (χ2n) is 18.4. The maximum atomic E-state index is 4.37. The first-order valence-corrected chi connectivity index (χ1v) is 24.3. The first kappa shape index (κ1) is 40.5. The van der Waals surface area contributed by atoms with Gasteiger partial charge in [-0.15, -0.1) is 0 Å². The highest BCUT2D eigenvalue weighted by Gasteiger charge is 2.21. The van der Waals surface area contributed by atoms with Crippen molar-refractivity contribution in [2.45, 2.75) is 0 Å². The Morgan fingerprint density at radius 1 is 0.296 bits per heavy atom.